The predicted octanol–water partition coefficient (Wildman–Crippen LogP) is 3.93. The zero-order valence-electron chi connectivity index (χ0n) is 14.0. The van der Waals surface area contributed by atoms with Gasteiger partial charge in [0.1, 0.15) is 5.60 Å². The van der Waals surface area contributed by atoms with Crippen molar-refractivity contribution in [1.29, 1.82) is 0 Å². The topological polar surface area (TPSA) is 46.5 Å². The van der Waals surface area contributed by atoms with E-state index < -0.39 is 17.1 Å². The molecule has 118 valence electrons. The molecule has 20 heavy (non-hydrogen) atoms. The minimum absolute atomic E-state index is 0.273. The molecule has 0 aromatic heterocycles. The zero-order valence-corrected chi connectivity index (χ0v) is 14.0. The first-order valence-electron chi connectivity index (χ1n) is 7.99. The molecule has 0 aromatic carbocycles. The van der Waals surface area contributed by atoms with E-state index in [0.29, 0.717) is 18.3 Å². The molecular weight excluding hydrogens is 252 g/mol. The summed E-state index contributed by atoms with van der Waals surface area (Å²) in [6.07, 6.45) is 4.74. The van der Waals surface area contributed by atoms with E-state index in [1.165, 1.54) is 6.42 Å². The molecule has 3 heteroatoms. The second-order valence-electron chi connectivity index (χ2n) is 7.95. The standard InChI is InChI=1S/C17H32O3/c1-12(2)10-14-8-7-9-17(19,11-14)13(3)15(18)20-16(4,5)6/h12-14,19H,7-11H2,1-6H3. The van der Waals surface area contributed by atoms with E-state index >= 15 is 0 Å². The summed E-state index contributed by atoms with van der Waals surface area (Å²) in [4.78, 5) is 12.2. The second kappa shape index (κ2) is 6.46. The van der Waals surface area contributed by atoms with Gasteiger partial charge in [0.05, 0.1) is 11.5 Å². The molecule has 0 saturated heterocycles. The number of hydrogen-bond acceptors (Lipinski definition) is 3. The highest BCUT2D eigenvalue weighted by Gasteiger charge is 2.43. The highest BCUT2D eigenvalue weighted by atomic mass is 16.6. The van der Waals surface area contributed by atoms with Crippen LogP contribution in [0.15, 0.2) is 0 Å². The number of esters is 1. The van der Waals surface area contributed by atoms with Gasteiger partial charge >= 0.3 is 5.97 Å². The number of rotatable bonds is 4. The van der Waals surface area contributed by atoms with Crippen LogP contribution in [0.2, 0.25) is 0 Å². The van der Waals surface area contributed by atoms with E-state index in [2.05, 4.69) is 13.8 Å². The summed E-state index contributed by atoms with van der Waals surface area (Å²) in [5.74, 6) is 0.444. The fourth-order valence-corrected chi connectivity index (χ4v) is 3.27. The van der Waals surface area contributed by atoms with Crippen molar-refractivity contribution < 1.29 is 14.6 Å². The summed E-state index contributed by atoms with van der Waals surface area (Å²) >= 11 is 0. The van der Waals surface area contributed by atoms with Gasteiger partial charge in [-0.05, 0) is 58.8 Å². The molecule has 0 aromatic rings. The van der Waals surface area contributed by atoms with Gasteiger partial charge in [0, 0.05) is 0 Å². The molecule has 1 rings (SSSR count). The van der Waals surface area contributed by atoms with Gasteiger partial charge in [-0.25, -0.2) is 0 Å². The first-order chi connectivity index (χ1) is 9.03. The van der Waals surface area contributed by atoms with Crippen LogP contribution in [0.1, 0.15) is 73.6 Å². The van der Waals surface area contributed by atoms with Gasteiger partial charge in [-0.15, -0.1) is 0 Å². The van der Waals surface area contributed by atoms with Crippen molar-refractivity contribution in [3.63, 3.8) is 0 Å². The Labute approximate surface area is 124 Å². The summed E-state index contributed by atoms with van der Waals surface area (Å²) < 4.78 is 5.44. The van der Waals surface area contributed by atoms with Gasteiger partial charge in [-0.1, -0.05) is 26.7 Å². The van der Waals surface area contributed by atoms with E-state index in [1.54, 1.807) is 0 Å². The number of ether oxygens (including phenoxy) is 1. The lowest BCUT2D eigenvalue weighted by Crippen LogP contribution is -2.46. The van der Waals surface area contributed by atoms with E-state index in [0.717, 1.165) is 19.3 Å². The van der Waals surface area contributed by atoms with Crippen LogP contribution in [-0.2, 0) is 9.53 Å². The Balaban J connectivity index is 2.69. The lowest BCUT2D eigenvalue weighted by atomic mass is 9.70. The molecule has 0 aliphatic heterocycles. The fourth-order valence-electron chi connectivity index (χ4n) is 3.27. The first kappa shape index (κ1) is 17.5. The Bertz CT molecular complexity index is 330. The van der Waals surface area contributed by atoms with Crippen LogP contribution in [0.4, 0.5) is 0 Å². The van der Waals surface area contributed by atoms with Crippen LogP contribution < -0.4 is 0 Å². The molecule has 1 N–H and O–H groups in total. The lowest BCUT2D eigenvalue weighted by Gasteiger charge is -2.41. The number of hydrogen-bond donors (Lipinski definition) is 1. The van der Waals surface area contributed by atoms with E-state index in [9.17, 15) is 9.90 Å². The predicted molar refractivity (Wildman–Crippen MR) is 81.4 cm³/mol. The molecule has 0 bridgehead atoms. The molecule has 3 nitrogen and oxygen atoms in total. The number of carbonyl (C=O) groups excluding carboxylic acids is 1. The third-order valence-corrected chi connectivity index (χ3v) is 4.24. The van der Waals surface area contributed by atoms with Crippen LogP contribution in [0.25, 0.3) is 0 Å². The van der Waals surface area contributed by atoms with Crippen molar-refractivity contribution in [1.82, 2.24) is 0 Å². The largest absolute Gasteiger partial charge is 0.460 e. The zero-order chi connectivity index (χ0) is 15.6. The molecule has 1 saturated carbocycles. The normalized spacial score (nSPS) is 29.3. The summed E-state index contributed by atoms with van der Waals surface area (Å²) in [6, 6.07) is 0. The van der Waals surface area contributed by atoms with Crippen LogP contribution in [0, 0.1) is 17.8 Å². The summed E-state index contributed by atoms with van der Waals surface area (Å²) in [5, 5.41) is 10.9. The second-order valence-corrected chi connectivity index (χ2v) is 7.95. The van der Waals surface area contributed by atoms with Gasteiger partial charge in [-0.2, -0.15) is 0 Å². The minimum atomic E-state index is -0.889. The Morgan fingerprint density at radius 3 is 2.45 bits per heavy atom. The van der Waals surface area contributed by atoms with Gasteiger partial charge in [0.25, 0.3) is 0 Å². The third kappa shape index (κ3) is 5.08. The quantitative estimate of drug-likeness (QED) is 0.796. The molecule has 0 heterocycles. The first-order valence-corrected chi connectivity index (χ1v) is 7.99. The Kier molecular flexibility index (Phi) is 5.65. The van der Waals surface area contributed by atoms with Crippen LogP contribution >= 0.6 is 0 Å². The van der Waals surface area contributed by atoms with Crippen LogP contribution in [-0.4, -0.2) is 22.3 Å². The Morgan fingerprint density at radius 1 is 1.35 bits per heavy atom. The van der Waals surface area contributed by atoms with E-state index in [-0.39, 0.29) is 5.97 Å². The van der Waals surface area contributed by atoms with Crippen molar-refractivity contribution in [3.05, 3.63) is 0 Å². The van der Waals surface area contributed by atoms with Crippen molar-refractivity contribution in [2.45, 2.75) is 84.8 Å². The fraction of sp³-hybridized carbons (Fsp3) is 0.941. The molecule has 0 radical (unpaired) electrons. The van der Waals surface area contributed by atoms with Gasteiger partial charge in [-0.3, -0.25) is 4.79 Å². The minimum Gasteiger partial charge on any atom is -0.460 e. The molecule has 1 aliphatic rings. The van der Waals surface area contributed by atoms with E-state index in [1.807, 2.05) is 27.7 Å². The highest BCUT2D eigenvalue weighted by Crippen LogP contribution is 2.40. The highest BCUT2D eigenvalue weighted by molar-refractivity contribution is 5.74. The van der Waals surface area contributed by atoms with Crippen molar-refractivity contribution in [2.24, 2.45) is 17.8 Å². The third-order valence-electron chi connectivity index (χ3n) is 4.24. The maximum atomic E-state index is 12.2. The lowest BCUT2D eigenvalue weighted by molar-refractivity contribution is -0.172. The number of carbonyl (C=O) groups is 1. The molecular formula is C17H32O3. The van der Waals surface area contributed by atoms with Crippen molar-refractivity contribution in [2.75, 3.05) is 0 Å². The average molecular weight is 284 g/mol. The summed E-state index contributed by atoms with van der Waals surface area (Å²) in [6.45, 7) is 11.8. The monoisotopic (exact) mass is 284 g/mol. The molecule has 3 unspecified atom stereocenters. The van der Waals surface area contributed by atoms with Crippen LogP contribution in [0.3, 0.4) is 0 Å². The SMILES string of the molecule is CC(C)CC1CCCC(O)(C(C)C(=O)OC(C)(C)C)C1. The smallest absolute Gasteiger partial charge is 0.312 e. The summed E-state index contributed by atoms with van der Waals surface area (Å²) in [5.41, 5.74) is -1.38. The molecule has 3 atom stereocenters. The molecule has 1 fully saturated rings. The molecule has 0 amide bonds. The Hall–Kier alpha value is -0.570. The maximum absolute atomic E-state index is 12.2. The average Bonchev–Trinajstić information content (AvgIpc) is 2.24. The van der Waals surface area contributed by atoms with Gasteiger partial charge < -0.3 is 9.84 Å². The molecule has 0 spiro atoms. The van der Waals surface area contributed by atoms with Crippen molar-refractivity contribution >= 4 is 5.97 Å². The van der Waals surface area contributed by atoms with Gasteiger partial charge in [0.15, 0.2) is 0 Å². The van der Waals surface area contributed by atoms with Crippen LogP contribution in [0.5, 0.6) is 0 Å². The maximum Gasteiger partial charge on any atom is 0.312 e. The Morgan fingerprint density at radius 2 is 1.95 bits per heavy atom. The summed E-state index contributed by atoms with van der Waals surface area (Å²) in [7, 11) is 0. The number of aliphatic hydroxyl groups is 1. The van der Waals surface area contributed by atoms with Crippen molar-refractivity contribution in [3.8, 4) is 0 Å². The van der Waals surface area contributed by atoms with Gasteiger partial charge in [0.2, 0.25) is 0 Å². The van der Waals surface area contributed by atoms with E-state index in [4.69, 9.17) is 4.74 Å². The molecule has 1 aliphatic carbocycles.